The average molecular weight is 282 g/mol. The van der Waals surface area contributed by atoms with Gasteiger partial charge in [-0.05, 0) is 31.7 Å². The van der Waals surface area contributed by atoms with Gasteiger partial charge < -0.3 is 4.84 Å². The fourth-order valence-electron chi connectivity index (χ4n) is 1.92. The summed E-state index contributed by atoms with van der Waals surface area (Å²) >= 11 is 3.48. The van der Waals surface area contributed by atoms with Gasteiger partial charge in [-0.25, -0.2) is 0 Å². The van der Waals surface area contributed by atoms with Crippen molar-refractivity contribution < 1.29 is 4.84 Å². The van der Waals surface area contributed by atoms with Crippen LogP contribution in [0, 0.1) is 0 Å². The normalized spacial score (nSPS) is 17.8. The van der Waals surface area contributed by atoms with Gasteiger partial charge in [0.05, 0.1) is 6.21 Å². The van der Waals surface area contributed by atoms with Gasteiger partial charge in [0.2, 0.25) is 0 Å². The molecule has 0 heterocycles. The molecule has 0 aliphatic heterocycles. The second-order valence-corrected chi connectivity index (χ2v) is 4.98. The molecule has 2 rings (SSSR count). The zero-order valence-corrected chi connectivity index (χ0v) is 10.8. The Morgan fingerprint density at radius 1 is 1.19 bits per heavy atom. The summed E-state index contributed by atoms with van der Waals surface area (Å²) in [6, 6.07) is 8.00. The van der Waals surface area contributed by atoms with Crippen LogP contribution in [0.3, 0.4) is 0 Å². The fraction of sp³-hybridized carbons (Fsp3) is 0.462. The van der Waals surface area contributed by atoms with Gasteiger partial charge in [-0.3, -0.25) is 0 Å². The van der Waals surface area contributed by atoms with Crippen molar-refractivity contribution in [2.24, 2.45) is 5.16 Å². The van der Waals surface area contributed by atoms with Crippen LogP contribution in [-0.2, 0) is 4.84 Å². The van der Waals surface area contributed by atoms with Crippen molar-refractivity contribution in [3.8, 4) is 0 Å². The van der Waals surface area contributed by atoms with Crippen molar-refractivity contribution in [1.29, 1.82) is 0 Å². The molecule has 1 fully saturated rings. The van der Waals surface area contributed by atoms with Crippen LogP contribution in [0.25, 0.3) is 0 Å². The lowest BCUT2D eigenvalue weighted by Gasteiger charge is -2.18. The molecule has 86 valence electrons. The highest BCUT2D eigenvalue weighted by Gasteiger charge is 2.13. The predicted octanol–water partition coefficient (Wildman–Crippen LogP) is 4.13. The van der Waals surface area contributed by atoms with Crippen LogP contribution in [0.1, 0.15) is 37.7 Å². The summed E-state index contributed by atoms with van der Waals surface area (Å²) in [6.07, 6.45) is 8.28. The van der Waals surface area contributed by atoms with Gasteiger partial charge in [0, 0.05) is 10.0 Å². The average Bonchev–Trinajstić information content (AvgIpc) is 2.33. The number of hydrogen-bond acceptors (Lipinski definition) is 2. The number of hydrogen-bond donors (Lipinski definition) is 0. The number of oxime groups is 1. The summed E-state index contributed by atoms with van der Waals surface area (Å²) in [5.74, 6) is 0. The van der Waals surface area contributed by atoms with Gasteiger partial charge in [0.1, 0.15) is 6.10 Å². The van der Waals surface area contributed by atoms with E-state index in [-0.39, 0.29) is 0 Å². The summed E-state index contributed by atoms with van der Waals surface area (Å²) in [4.78, 5) is 5.49. The van der Waals surface area contributed by atoms with Gasteiger partial charge in [0.25, 0.3) is 0 Å². The molecular formula is C13H16BrNO. The Morgan fingerprint density at radius 2 is 1.94 bits per heavy atom. The third-order valence-corrected chi connectivity index (χ3v) is 3.58. The molecule has 0 atom stereocenters. The fourth-order valence-corrected chi connectivity index (χ4v) is 2.31. The molecule has 0 N–H and O–H groups in total. The molecule has 0 amide bonds. The number of halogens is 1. The van der Waals surface area contributed by atoms with E-state index in [4.69, 9.17) is 4.84 Å². The lowest BCUT2D eigenvalue weighted by molar-refractivity contribution is 0.0340. The van der Waals surface area contributed by atoms with Crippen molar-refractivity contribution in [1.82, 2.24) is 0 Å². The molecule has 1 aromatic carbocycles. The van der Waals surface area contributed by atoms with Crippen molar-refractivity contribution >= 4 is 22.1 Å². The zero-order chi connectivity index (χ0) is 11.2. The van der Waals surface area contributed by atoms with E-state index in [9.17, 15) is 0 Å². The molecule has 1 aliphatic carbocycles. The van der Waals surface area contributed by atoms with Crippen LogP contribution in [-0.4, -0.2) is 12.3 Å². The summed E-state index contributed by atoms with van der Waals surface area (Å²) in [5.41, 5.74) is 1.05. The maximum Gasteiger partial charge on any atom is 0.127 e. The van der Waals surface area contributed by atoms with E-state index in [0.29, 0.717) is 6.10 Å². The van der Waals surface area contributed by atoms with Crippen LogP contribution in [0.5, 0.6) is 0 Å². The molecule has 0 aromatic heterocycles. The van der Waals surface area contributed by atoms with E-state index in [1.54, 1.807) is 6.21 Å². The van der Waals surface area contributed by atoms with Crippen molar-refractivity contribution in [3.63, 3.8) is 0 Å². The van der Waals surface area contributed by atoms with E-state index < -0.39 is 0 Å². The minimum Gasteiger partial charge on any atom is -0.393 e. The first-order valence-electron chi connectivity index (χ1n) is 5.80. The Hall–Kier alpha value is -0.830. The molecular weight excluding hydrogens is 266 g/mol. The Bertz CT molecular complexity index is 359. The third kappa shape index (κ3) is 3.34. The van der Waals surface area contributed by atoms with E-state index >= 15 is 0 Å². The molecule has 1 saturated carbocycles. The molecule has 1 aliphatic rings. The van der Waals surface area contributed by atoms with E-state index in [0.717, 1.165) is 22.9 Å². The highest BCUT2D eigenvalue weighted by atomic mass is 79.9. The van der Waals surface area contributed by atoms with Gasteiger partial charge in [-0.1, -0.05) is 45.7 Å². The Labute approximate surface area is 105 Å². The van der Waals surface area contributed by atoms with Gasteiger partial charge in [-0.15, -0.1) is 0 Å². The van der Waals surface area contributed by atoms with Crippen LogP contribution in [0.15, 0.2) is 33.9 Å². The molecule has 0 saturated heterocycles. The molecule has 16 heavy (non-hydrogen) atoms. The first kappa shape index (κ1) is 11.6. The Kier molecular flexibility index (Phi) is 4.40. The van der Waals surface area contributed by atoms with Crippen molar-refractivity contribution in [2.45, 2.75) is 38.2 Å². The quantitative estimate of drug-likeness (QED) is 0.603. The highest BCUT2D eigenvalue weighted by Crippen LogP contribution is 2.20. The summed E-state index contributed by atoms with van der Waals surface area (Å²) in [6.45, 7) is 0. The minimum absolute atomic E-state index is 0.326. The maximum atomic E-state index is 5.49. The molecule has 0 bridgehead atoms. The van der Waals surface area contributed by atoms with Crippen LogP contribution >= 0.6 is 15.9 Å². The first-order chi connectivity index (χ1) is 7.86. The molecule has 0 spiro atoms. The molecule has 2 nitrogen and oxygen atoms in total. The van der Waals surface area contributed by atoms with Crippen LogP contribution < -0.4 is 0 Å². The highest BCUT2D eigenvalue weighted by molar-refractivity contribution is 9.10. The Morgan fingerprint density at radius 3 is 2.69 bits per heavy atom. The maximum absolute atomic E-state index is 5.49. The SMILES string of the molecule is Brc1ccccc1C=NOC1CCCCC1. The lowest BCUT2D eigenvalue weighted by Crippen LogP contribution is -2.13. The summed E-state index contributed by atoms with van der Waals surface area (Å²) in [5, 5.41) is 4.07. The first-order valence-corrected chi connectivity index (χ1v) is 6.59. The van der Waals surface area contributed by atoms with E-state index in [1.807, 2.05) is 24.3 Å². The van der Waals surface area contributed by atoms with Crippen molar-refractivity contribution in [2.75, 3.05) is 0 Å². The monoisotopic (exact) mass is 281 g/mol. The predicted molar refractivity (Wildman–Crippen MR) is 69.7 cm³/mol. The molecule has 1 aromatic rings. The van der Waals surface area contributed by atoms with Gasteiger partial charge in [-0.2, -0.15) is 0 Å². The van der Waals surface area contributed by atoms with Crippen LogP contribution in [0.4, 0.5) is 0 Å². The standard InChI is InChI=1S/C13H16BrNO/c14-13-9-5-4-6-11(13)10-15-16-12-7-2-1-3-8-12/h4-6,9-10,12H,1-3,7-8H2. The van der Waals surface area contributed by atoms with Gasteiger partial charge in [0.15, 0.2) is 0 Å². The molecule has 0 radical (unpaired) electrons. The second kappa shape index (κ2) is 6.04. The number of nitrogens with zero attached hydrogens (tertiary/aromatic N) is 1. The smallest absolute Gasteiger partial charge is 0.127 e. The number of benzene rings is 1. The largest absolute Gasteiger partial charge is 0.393 e. The minimum atomic E-state index is 0.326. The summed E-state index contributed by atoms with van der Waals surface area (Å²) < 4.78 is 1.05. The molecule has 0 unspecified atom stereocenters. The summed E-state index contributed by atoms with van der Waals surface area (Å²) in [7, 11) is 0. The zero-order valence-electron chi connectivity index (χ0n) is 9.23. The van der Waals surface area contributed by atoms with E-state index in [2.05, 4.69) is 21.1 Å². The number of rotatable bonds is 3. The van der Waals surface area contributed by atoms with Crippen molar-refractivity contribution in [3.05, 3.63) is 34.3 Å². The molecule has 3 heteroatoms. The lowest BCUT2D eigenvalue weighted by atomic mass is 9.98. The second-order valence-electron chi connectivity index (χ2n) is 4.12. The van der Waals surface area contributed by atoms with E-state index in [1.165, 1.54) is 19.3 Å². The Balaban J connectivity index is 1.87. The third-order valence-electron chi connectivity index (χ3n) is 2.86. The topological polar surface area (TPSA) is 21.6 Å². The van der Waals surface area contributed by atoms with Crippen LogP contribution in [0.2, 0.25) is 0 Å². The van der Waals surface area contributed by atoms with Gasteiger partial charge >= 0.3 is 0 Å².